The van der Waals surface area contributed by atoms with Gasteiger partial charge in [0, 0.05) is 17.1 Å². The van der Waals surface area contributed by atoms with Gasteiger partial charge in [-0.05, 0) is 36.6 Å². The van der Waals surface area contributed by atoms with Crippen LogP contribution >= 0.6 is 23.5 Å². The Morgan fingerprint density at radius 3 is 2.82 bits per heavy atom. The summed E-state index contributed by atoms with van der Waals surface area (Å²) in [7, 11) is 0. The van der Waals surface area contributed by atoms with Gasteiger partial charge in [-0.25, -0.2) is 4.39 Å². The van der Waals surface area contributed by atoms with Crippen LogP contribution in [-0.4, -0.2) is 32.7 Å². The van der Waals surface area contributed by atoms with Crippen molar-refractivity contribution in [1.29, 1.82) is 0 Å². The van der Waals surface area contributed by atoms with Crippen molar-refractivity contribution in [2.45, 2.75) is 16.6 Å². The monoisotopic (exact) mass is 414 g/mol. The molecular weight excluding hydrogens is 395 g/mol. The number of benzene rings is 2. The first-order valence-electron chi connectivity index (χ1n) is 8.48. The molecule has 0 atom stereocenters. The molecule has 1 N–H and O–H groups in total. The van der Waals surface area contributed by atoms with Crippen LogP contribution in [-0.2, 0) is 11.3 Å². The maximum Gasteiger partial charge on any atom is 0.234 e. The molecule has 0 bridgehead atoms. The van der Waals surface area contributed by atoms with Crippen LogP contribution in [0.5, 0.6) is 0 Å². The van der Waals surface area contributed by atoms with Crippen molar-refractivity contribution in [3.63, 3.8) is 0 Å². The van der Waals surface area contributed by atoms with E-state index in [2.05, 4.69) is 22.1 Å². The SMILES string of the molecule is C=CCn1c(SCC(=O)Nc2cccc(SC)c2)nnc1-c1ccccc1F. The van der Waals surface area contributed by atoms with E-state index in [0.29, 0.717) is 23.1 Å². The standard InChI is InChI=1S/C20H19FN4OS2/c1-3-11-25-19(16-9-4-5-10-17(16)21)23-24-20(25)28-13-18(26)22-14-7-6-8-15(12-14)27-2/h3-10,12H,1,11,13H2,2H3,(H,22,26). The molecule has 0 saturated heterocycles. The van der Waals surface area contributed by atoms with Crippen LogP contribution in [0.1, 0.15) is 0 Å². The van der Waals surface area contributed by atoms with Crippen molar-refractivity contribution < 1.29 is 9.18 Å². The number of nitrogens with one attached hydrogen (secondary N) is 1. The third-order valence-electron chi connectivity index (χ3n) is 3.83. The molecule has 0 fully saturated rings. The average Bonchev–Trinajstić information content (AvgIpc) is 3.09. The van der Waals surface area contributed by atoms with Crippen LogP contribution in [0.25, 0.3) is 11.4 Å². The van der Waals surface area contributed by atoms with E-state index >= 15 is 0 Å². The molecule has 28 heavy (non-hydrogen) atoms. The fourth-order valence-electron chi connectivity index (χ4n) is 2.56. The largest absolute Gasteiger partial charge is 0.325 e. The van der Waals surface area contributed by atoms with Gasteiger partial charge in [-0.1, -0.05) is 36.0 Å². The van der Waals surface area contributed by atoms with Crippen molar-refractivity contribution in [2.24, 2.45) is 0 Å². The Kier molecular flexibility index (Phi) is 6.89. The average molecular weight is 415 g/mol. The predicted octanol–water partition coefficient (Wildman–Crippen LogP) is 4.72. The third kappa shape index (κ3) is 4.82. The van der Waals surface area contributed by atoms with E-state index in [4.69, 9.17) is 0 Å². The minimum Gasteiger partial charge on any atom is -0.325 e. The van der Waals surface area contributed by atoms with E-state index in [1.165, 1.54) is 17.8 Å². The zero-order chi connectivity index (χ0) is 19.9. The number of hydrogen-bond donors (Lipinski definition) is 1. The maximum absolute atomic E-state index is 14.1. The van der Waals surface area contributed by atoms with Crippen LogP contribution in [0, 0.1) is 5.82 Å². The van der Waals surface area contributed by atoms with Crippen molar-refractivity contribution in [3.8, 4) is 11.4 Å². The second-order valence-electron chi connectivity index (χ2n) is 5.75. The first kappa shape index (κ1) is 20.2. The summed E-state index contributed by atoms with van der Waals surface area (Å²) in [6, 6.07) is 14.0. The number of nitrogens with zero attached hydrogens (tertiary/aromatic N) is 3. The van der Waals surface area contributed by atoms with Gasteiger partial charge in [-0.2, -0.15) is 0 Å². The molecule has 1 amide bonds. The lowest BCUT2D eigenvalue weighted by Gasteiger charge is -2.09. The van der Waals surface area contributed by atoms with Gasteiger partial charge in [-0.15, -0.1) is 28.5 Å². The molecule has 0 unspecified atom stereocenters. The summed E-state index contributed by atoms with van der Waals surface area (Å²) in [5.41, 5.74) is 1.11. The molecule has 0 aliphatic rings. The molecule has 0 saturated carbocycles. The Morgan fingerprint density at radius 1 is 1.25 bits per heavy atom. The maximum atomic E-state index is 14.1. The lowest BCUT2D eigenvalue weighted by molar-refractivity contribution is -0.113. The Balaban J connectivity index is 1.72. The third-order valence-corrected chi connectivity index (χ3v) is 5.52. The van der Waals surface area contributed by atoms with Crippen LogP contribution < -0.4 is 5.32 Å². The summed E-state index contributed by atoms with van der Waals surface area (Å²) in [5.74, 6) is 0.0522. The predicted molar refractivity (Wildman–Crippen MR) is 113 cm³/mol. The highest BCUT2D eigenvalue weighted by Crippen LogP contribution is 2.26. The molecule has 1 aromatic heterocycles. The molecule has 5 nitrogen and oxygen atoms in total. The molecular formula is C20H19FN4OS2. The summed E-state index contributed by atoms with van der Waals surface area (Å²) < 4.78 is 15.9. The summed E-state index contributed by atoms with van der Waals surface area (Å²) in [6.45, 7) is 4.15. The Hall–Kier alpha value is -2.58. The van der Waals surface area contributed by atoms with Gasteiger partial charge in [0.05, 0.1) is 11.3 Å². The highest BCUT2D eigenvalue weighted by Gasteiger charge is 2.17. The molecule has 144 valence electrons. The van der Waals surface area contributed by atoms with Gasteiger partial charge in [-0.3, -0.25) is 9.36 Å². The molecule has 1 heterocycles. The van der Waals surface area contributed by atoms with Gasteiger partial charge in [0.2, 0.25) is 5.91 Å². The van der Waals surface area contributed by atoms with Crippen molar-refractivity contribution in [3.05, 3.63) is 67.0 Å². The molecule has 0 aliphatic carbocycles. The summed E-state index contributed by atoms with van der Waals surface area (Å²) in [4.78, 5) is 13.4. The highest BCUT2D eigenvalue weighted by atomic mass is 32.2. The van der Waals surface area contributed by atoms with Crippen LogP contribution in [0.3, 0.4) is 0 Å². The fraction of sp³-hybridized carbons (Fsp3) is 0.150. The molecule has 8 heteroatoms. The molecule has 0 spiro atoms. The number of allylic oxidation sites excluding steroid dienone is 1. The second-order valence-corrected chi connectivity index (χ2v) is 7.58. The lowest BCUT2D eigenvalue weighted by atomic mass is 10.2. The van der Waals surface area contributed by atoms with E-state index in [-0.39, 0.29) is 17.5 Å². The van der Waals surface area contributed by atoms with Crippen LogP contribution in [0.15, 0.2) is 71.2 Å². The quantitative estimate of drug-likeness (QED) is 0.427. The second kappa shape index (κ2) is 9.57. The van der Waals surface area contributed by atoms with E-state index in [0.717, 1.165) is 10.6 Å². The number of carbonyl (C=O) groups is 1. The number of carbonyl (C=O) groups excluding carboxylic acids is 1. The smallest absolute Gasteiger partial charge is 0.234 e. The van der Waals surface area contributed by atoms with Gasteiger partial charge < -0.3 is 5.32 Å². The Morgan fingerprint density at radius 2 is 2.07 bits per heavy atom. The first-order chi connectivity index (χ1) is 13.6. The van der Waals surface area contributed by atoms with Crippen LogP contribution in [0.4, 0.5) is 10.1 Å². The van der Waals surface area contributed by atoms with E-state index in [1.807, 2.05) is 30.5 Å². The minimum absolute atomic E-state index is 0.149. The normalized spacial score (nSPS) is 10.6. The van der Waals surface area contributed by atoms with Gasteiger partial charge in [0.25, 0.3) is 0 Å². The first-order valence-corrected chi connectivity index (χ1v) is 10.7. The van der Waals surface area contributed by atoms with Gasteiger partial charge in [0.15, 0.2) is 11.0 Å². The topological polar surface area (TPSA) is 59.8 Å². The zero-order valence-electron chi connectivity index (χ0n) is 15.3. The molecule has 0 radical (unpaired) electrons. The molecule has 3 rings (SSSR count). The van der Waals surface area contributed by atoms with E-state index < -0.39 is 0 Å². The fourth-order valence-corrected chi connectivity index (χ4v) is 3.77. The van der Waals surface area contributed by atoms with Crippen LogP contribution in [0.2, 0.25) is 0 Å². The zero-order valence-corrected chi connectivity index (χ0v) is 16.9. The molecule has 0 aliphatic heterocycles. The number of rotatable bonds is 8. The Labute approximate surface area is 171 Å². The number of amides is 1. The summed E-state index contributed by atoms with van der Waals surface area (Å²) >= 11 is 2.86. The number of anilines is 1. The summed E-state index contributed by atoms with van der Waals surface area (Å²) in [6.07, 6.45) is 3.67. The van der Waals surface area contributed by atoms with Gasteiger partial charge >= 0.3 is 0 Å². The number of hydrogen-bond acceptors (Lipinski definition) is 5. The lowest BCUT2D eigenvalue weighted by Crippen LogP contribution is -2.14. The summed E-state index contributed by atoms with van der Waals surface area (Å²) in [5, 5.41) is 11.7. The number of thioether (sulfide) groups is 2. The Bertz CT molecular complexity index is 990. The molecule has 2 aromatic carbocycles. The highest BCUT2D eigenvalue weighted by molar-refractivity contribution is 7.99. The van der Waals surface area contributed by atoms with E-state index in [1.54, 1.807) is 40.6 Å². The van der Waals surface area contributed by atoms with Crippen molar-refractivity contribution in [2.75, 3.05) is 17.3 Å². The van der Waals surface area contributed by atoms with E-state index in [9.17, 15) is 9.18 Å². The number of aromatic nitrogens is 3. The molecule has 3 aromatic rings. The van der Waals surface area contributed by atoms with Crippen molar-refractivity contribution in [1.82, 2.24) is 14.8 Å². The minimum atomic E-state index is -0.372. The van der Waals surface area contributed by atoms with Gasteiger partial charge in [0.1, 0.15) is 5.82 Å². The number of halogens is 1. The van der Waals surface area contributed by atoms with Crippen molar-refractivity contribution >= 4 is 35.1 Å².